The monoisotopic (exact) mass is 748 g/mol. The molecule has 12 rings (SSSR count). The summed E-state index contributed by atoms with van der Waals surface area (Å²) in [5.74, 6) is 0.210. The summed E-state index contributed by atoms with van der Waals surface area (Å²) in [6, 6.07) is 43.2. The van der Waals surface area contributed by atoms with Crippen molar-refractivity contribution in [3.63, 3.8) is 0 Å². The zero-order valence-corrected chi connectivity index (χ0v) is 30.6. The third-order valence-corrected chi connectivity index (χ3v) is 10.9. The smallest absolute Gasteiger partial charge is 0.238 e. The molecule has 0 unspecified atom stereocenters. The third kappa shape index (κ3) is 5.07. The summed E-state index contributed by atoms with van der Waals surface area (Å²) in [6.45, 7) is 0. The summed E-state index contributed by atoms with van der Waals surface area (Å²) >= 11 is 0. The Bertz CT molecular complexity index is 3880. The Hall–Kier alpha value is -7.89. The molecule has 0 radical (unpaired) electrons. The highest BCUT2D eigenvalue weighted by atomic mass is 15.3. The minimum Gasteiger partial charge on any atom is -0.309 e. The van der Waals surface area contributed by atoms with Gasteiger partial charge in [-0.15, -0.1) is 0 Å². The summed E-state index contributed by atoms with van der Waals surface area (Å²) in [5, 5.41) is 6.04. The van der Waals surface area contributed by atoms with Crippen LogP contribution in [0.3, 0.4) is 0 Å². The summed E-state index contributed by atoms with van der Waals surface area (Å²) in [6.07, 6.45) is 0. The number of nitrogens with zero attached hydrogens (tertiary/aromatic N) is 5. The Labute approximate surface area is 347 Å². The molecule has 11 aromatic rings. The van der Waals surface area contributed by atoms with Gasteiger partial charge in [0.2, 0.25) is 5.95 Å². The molecule has 2 aromatic heterocycles. The van der Waals surface area contributed by atoms with Gasteiger partial charge in [-0.2, -0.15) is 9.97 Å². The van der Waals surface area contributed by atoms with Crippen molar-refractivity contribution in [1.82, 2.24) is 19.5 Å². The van der Waals surface area contributed by atoms with Crippen molar-refractivity contribution >= 4 is 60.7 Å². The molecule has 9 aromatic carbocycles. The van der Waals surface area contributed by atoms with Gasteiger partial charge >= 0.3 is 0 Å². The maximum atomic E-state index is 9.47. The molecule has 0 amide bonds. The van der Waals surface area contributed by atoms with Crippen molar-refractivity contribution < 1.29 is 12.3 Å². The molecular formula is C53H33N5. The van der Waals surface area contributed by atoms with E-state index in [9.17, 15) is 5.48 Å². The Morgan fingerprint density at radius 3 is 1.90 bits per heavy atom. The Morgan fingerprint density at radius 2 is 1.07 bits per heavy atom. The molecular weight excluding hydrogens is 707 g/mol. The third-order valence-electron chi connectivity index (χ3n) is 10.9. The lowest BCUT2D eigenvalue weighted by molar-refractivity contribution is 1.02. The van der Waals surface area contributed by atoms with Crippen LogP contribution in [0.2, 0.25) is 0 Å². The minimum atomic E-state index is -0.654. The van der Waals surface area contributed by atoms with Crippen LogP contribution in [0.4, 0.5) is 17.3 Å². The second kappa shape index (κ2) is 12.8. The number of para-hydroxylation sites is 2. The Balaban J connectivity index is 1.16. The van der Waals surface area contributed by atoms with Gasteiger partial charge in [-0.3, -0.25) is 4.90 Å². The maximum absolute atomic E-state index is 9.47. The van der Waals surface area contributed by atoms with E-state index in [0.29, 0.717) is 5.56 Å². The molecule has 58 heavy (non-hydrogen) atoms. The average molecular weight is 749 g/mol. The maximum Gasteiger partial charge on any atom is 0.238 e. The van der Waals surface area contributed by atoms with E-state index in [1.165, 1.54) is 0 Å². The first-order valence-electron chi connectivity index (χ1n) is 23.4. The number of benzene rings is 9. The summed E-state index contributed by atoms with van der Waals surface area (Å²) in [5.41, 5.74) is 5.87. The number of hydrogen-bond donors (Lipinski definition) is 0. The van der Waals surface area contributed by atoms with E-state index in [1.54, 1.807) is 0 Å². The van der Waals surface area contributed by atoms with Crippen LogP contribution in [0, 0.1) is 0 Å². The predicted molar refractivity (Wildman–Crippen MR) is 239 cm³/mol. The largest absolute Gasteiger partial charge is 0.309 e. The molecule has 0 aliphatic carbocycles. The zero-order chi connectivity index (χ0) is 46.0. The van der Waals surface area contributed by atoms with Crippen molar-refractivity contribution in [3.8, 4) is 50.7 Å². The van der Waals surface area contributed by atoms with Gasteiger partial charge in [-0.25, -0.2) is 4.98 Å². The number of aromatic nitrogens is 4. The van der Waals surface area contributed by atoms with Crippen LogP contribution in [0.25, 0.3) is 94.1 Å². The molecule has 0 saturated heterocycles. The molecule has 0 N–H and O–H groups in total. The molecule has 5 nitrogen and oxygen atoms in total. The molecule has 0 bridgehead atoms. The SMILES string of the molecule is [2H]c1c([2H])c([2H])c(-c2c([2H])c([2H])c(-c3nc(-c4ccc5c6ccccc6n(-c6ccccc6)c5c4)nc(N4c5cc6ccccc6cc5-c5cccc6cccc4c56)n3)c([2H])c2[2H])c([2H])c1[2H]. The van der Waals surface area contributed by atoms with Gasteiger partial charge in [-0.05, 0) is 75.3 Å². The van der Waals surface area contributed by atoms with Crippen molar-refractivity contribution in [3.05, 3.63) is 200 Å². The summed E-state index contributed by atoms with van der Waals surface area (Å²) in [4.78, 5) is 17.3. The summed E-state index contributed by atoms with van der Waals surface area (Å²) in [7, 11) is 0. The molecule has 0 saturated carbocycles. The second-order valence-electron chi connectivity index (χ2n) is 14.2. The van der Waals surface area contributed by atoms with Crippen LogP contribution in [-0.2, 0) is 0 Å². The van der Waals surface area contributed by atoms with Gasteiger partial charge in [0.05, 0.1) is 34.7 Å². The van der Waals surface area contributed by atoms with E-state index in [-0.39, 0.29) is 23.2 Å². The minimum absolute atomic E-state index is 0.151. The highest BCUT2D eigenvalue weighted by molar-refractivity contribution is 6.15. The molecule has 1 aliphatic rings. The lowest BCUT2D eigenvalue weighted by Gasteiger charge is -2.32. The van der Waals surface area contributed by atoms with E-state index < -0.39 is 65.5 Å². The van der Waals surface area contributed by atoms with Crippen molar-refractivity contribution in [2.75, 3.05) is 4.90 Å². The van der Waals surface area contributed by atoms with Gasteiger partial charge < -0.3 is 4.57 Å². The second-order valence-corrected chi connectivity index (χ2v) is 14.2. The molecule has 0 atom stereocenters. The number of fused-ring (bicyclic) bond motifs is 6. The van der Waals surface area contributed by atoms with Gasteiger partial charge in [0.25, 0.3) is 0 Å². The van der Waals surface area contributed by atoms with E-state index in [1.807, 2.05) is 102 Å². The van der Waals surface area contributed by atoms with Crippen molar-refractivity contribution in [1.29, 1.82) is 0 Å². The molecule has 0 fully saturated rings. The van der Waals surface area contributed by atoms with Crippen LogP contribution < -0.4 is 4.90 Å². The first-order chi connectivity index (χ1) is 32.5. The average Bonchev–Trinajstić information content (AvgIpc) is 3.69. The number of anilines is 3. The fraction of sp³-hybridized carbons (Fsp3) is 0. The van der Waals surface area contributed by atoms with Gasteiger partial charge in [0.15, 0.2) is 11.6 Å². The number of hydrogen-bond acceptors (Lipinski definition) is 4. The number of rotatable bonds is 5. The lowest BCUT2D eigenvalue weighted by Crippen LogP contribution is -2.19. The van der Waals surface area contributed by atoms with E-state index in [4.69, 9.17) is 21.8 Å². The zero-order valence-electron chi connectivity index (χ0n) is 39.6. The van der Waals surface area contributed by atoms with Crippen LogP contribution in [-0.4, -0.2) is 19.5 Å². The molecule has 1 aliphatic heterocycles. The first kappa shape index (κ1) is 24.6. The van der Waals surface area contributed by atoms with Gasteiger partial charge in [0, 0.05) is 38.5 Å². The molecule has 3 heterocycles. The van der Waals surface area contributed by atoms with Crippen LogP contribution in [0.5, 0.6) is 0 Å². The highest BCUT2D eigenvalue weighted by Gasteiger charge is 2.29. The Kier molecular flexibility index (Phi) is 5.44. The first-order valence-corrected chi connectivity index (χ1v) is 18.9. The fourth-order valence-electron chi connectivity index (χ4n) is 8.30. The Morgan fingerprint density at radius 1 is 0.414 bits per heavy atom. The van der Waals surface area contributed by atoms with Crippen molar-refractivity contribution in [2.45, 2.75) is 0 Å². The van der Waals surface area contributed by atoms with E-state index in [0.717, 1.165) is 71.5 Å². The molecule has 270 valence electrons. The molecule has 5 heteroatoms. The van der Waals surface area contributed by atoms with Crippen LogP contribution >= 0.6 is 0 Å². The summed E-state index contributed by atoms with van der Waals surface area (Å²) < 4.78 is 81.7. The van der Waals surface area contributed by atoms with Crippen LogP contribution in [0.1, 0.15) is 12.3 Å². The van der Waals surface area contributed by atoms with Crippen molar-refractivity contribution in [2.24, 2.45) is 0 Å². The topological polar surface area (TPSA) is 46.8 Å². The molecule has 0 spiro atoms. The van der Waals surface area contributed by atoms with Gasteiger partial charge in [0.1, 0.15) is 0 Å². The van der Waals surface area contributed by atoms with E-state index in [2.05, 4.69) is 53.1 Å². The van der Waals surface area contributed by atoms with Gasteiger partial charge in [-0.1, -0.05) is 158 Å². The highest BCUT2D eigenvalue weighted by Crippen LogP contribution is 2.51. The quantitative estimate of drug-likeness (QED) is 0.176. The standard InChI is InChI=1S/C53H33N5/c1-3-13-34(14-4-1)35-25-27-37(28-26-35)51-54-52(40-29-30-43-42-21-9-10-23-46(42)57(48(43)33-40)41-19-5-2-6-20-41)56-53(55-51)58-47-24-12-18-36-17-11-22-44(50(36)47)45-31-38-15-7-8-16-39(38)32-49(45)58/h1-33H/i1D,3D,4D,13D,14D,25D,26D,27D,28D. The normalized spacial score (nSPS) is 14.3. The van der Waals surface area contributed by atoms with Crippen LogP contribution in [0.15, 0.2) is 200 Å². The van der Waals surface area contributed by atoms with E-state index >= 15 is 0 Å². The predicted octanol–water partition coefficient (Wildman–Crippen LogP) is 13.7. The lowest BCUT2D eigenvalue weighted by atomic mass is 9.90. The fourth-order valence-corrected chi connectivity index (χ4v) is 8.30.